The lowest BCUT2D eigenvalue weighted by Gasteiger charge is -2.18. The third kappa shape index (κ3) is 3.52. The van der Waals surface area contributed by atoms with Crippen molar-refractivity contribution in [3.63, 3.8) is 0 Å². The Balaban J connectivity index is 2.14. The summed E-state index contributed by atoms with van der Waals surface area (Å²) in [6.07, 6.45) is 0. The van der Waals surface area contributed by atoms with Crippen molar-refractivity contribution in [2.45, 2.75) is 13.5 Å². The lowest BCUT2D eigenvalue weighted by Crippen LogP contribution is -2.26. The van der Waals surface area contributed by atoms with E-state index in [0.717, 1.165) is 21.4 Å². The van der Waals surface area contributed by atoms with Gasteiger partial charge in [-0.05, 0) is 31.2 Å². The molecule has 0 fully saturated rings. The summed E-state index contributed by atoms with van der Waals surface area (Å²) < 4.78 is 0.744. The number of hydrogen-bond acceptors (Lipinski definition) is 3. The average molecular weight is 309 g/mol. The molecule has 1 N–H and O–H groups in total. The quantitative estimate of drug-likeness (QED) is 0.901. The molecule has 0 unspecified atom stereocenters. The van der Waals surface area contributed by atoms with Crippen LogP contribution >= 0.6 is 22.9 Å². The van der Waals surface area contributed by atoms with Gasteiger partial charge in [0.05, 0.1) is 16.4 Å². The van der Waals surface area contributed by atoms with Crippen molar-refractivity contribution in [3.8, 4) is 0 Å². The summed E-state index contributed by atoms with van der Waals surface area (Å²) in [5.41, 5.74) is 1.57. The van der Waals surface area contributed by atoms with Crippen LogP contribution in [0.15, 0.2) is 36.4 Å². The van der Waals surface area contributed by atoms with Crippen molar-refractivity contribution < 1.29 is 4.79 Å². The summed E-state index contributed by atoms with van der Waals surface area (Å²) in [5.74, 6) is 0.00562. The molecule has 5 heteroatoms. The number of carbonyl (C=O) groups is 1. The zero-order valence-electron chi connectivity index (χ0n) is 11.5. The summed E-state index contributed by atoms with van der Waals surface area (Å²) in [6.45, 7) is 3.36. The first-order chi connectivity index (χ1) is 9.61. The first kappa shape index (κ1) is 14.9. The van der Waals surface area contributed by atoms with E-state index in [1.807, 2.05) is 43.3 Å². The molecule has 106 valence electrons. The molecule has 0 bridgehead atoms. The largest absolute Gasteiger partial charge is 0.385 e. The second kappa shape index (κ2) is 6.77. The lowest BCUT2D eigenvalue weighted by atomic mass is 10.1. The Kier molecular flexibility index (Phi) is 5.04. The molecule has 1 heterocycles. The zero-order chi connectivity index (χ0) is 14.5. The van der Waals surface area contributed by atoms with Gasteiger partial charge in [-0.15, -0.1) is 11.3 Å². The van der Waals surface area contributed by atoms with Gasteiger partial charge in [-0.3, -0.25) is 4.79 Å². The molecule has 1 aromatic heterocycles. The molecule has 0 spiro atoms. The molecule has 0 aliphatic carbocycles. The number of nitrogens with zero attached hydrogens (tertiary/aromatic N) is 1. The smallest absolute Gasteiger partial charge is 0.256 e. The number of thiophene rings is 1. The van der Waals surface area contributed by atoms with Gasteiger partial charge in [-0.2, -0.15) is 0 Å². The van der Waals surface area contributed by atoms with Crippen LogP contribution < -0.4 is 5.32 Å². The minimum Gasteiger partial charge on any atom is -0.385 e. The van der Waals surface area contributed by atoms with Crippen molar-refractivity contribution in [2.24, 2.45) is 0 Å². The van der Waals surface area contributed by atoms with E-state index >= 15 is 0 Å². The third-order valence-electron chi connectivity index (χ3n) is 2.89. The number of anilines is 1. The van der Waals surface area contributed by atoms with Crippen LogP contribution in [-0.2, 0) is 6.54 Å². The first-order valence-corrected chi connectivity index (χ1v) is 7.64. The lowest BCUT2D eigenvalue weighted by molar-refractivity contribution is 0.0787. The van der Waals surface area contributed by atoms with E-state index in [0.29, 0.717) is 12.1 Å². The van der Waals surface area contributed by atoms with Gasteiger partial charge < -0.3 is 10.2 Å². The minimum absolute atomic E-state index is 0.00562. The maximum Gasteiger partial charge on any atom is 0.256 e. The first-order valence-electron chi connectivity index (χ1n) is 6.44. The SMILES string of the molecule is CCNc1ccccc1C(=O)N(C)Cc1ccc(Cl)s1. The highest BCUT2D eigenvalue weighted by atomic mass is 35.5. The maximum absolute atomic E-state index is 12.5. The van der Waals surface area contributed by atoms with Crippen LogP contribution in [0.4, 0.5) is 5.69 Å². The Morgan fingerprint density at radius 2 is 2.05 bits per heavy atom. The second-order valence-electron chi connectivity index (χ2n) is 4.44. The molecule has 1 amide bonds. The summed E-state index contributed by atoms with van der Waals surface area (Å²) in [7, 11) is 1.80. The number of amides is 1. The van der Waals surface area contributed by atoms with Crippen LogP contribution in [0.25, 0.3) is 0 Å². The molecule has 0 saturated heterocycles. The minimum atomic E-state index is 0.00562. The normalized spacial score (nSPS) is 10.3. The van der Waals surface area contributed by atoms with E-state index in [-0.39, 0.29) is 5.91 Å². The fourth-order valence-electron chi connectivity index (χ4n) is 1.96. The Morgan fingerprint density at radius 3 is 2.70 bits per heavy atom. The van der Waals surface area contributed by atoms with E-state index < -0.39 is 0 Å². The topological polar surface area (TPSA) is 32.3 Å². The Hall–Kier alpha value is -1.52. The number of nitrogens with one attached hydrogen (secondary N) is 1. The van der Waals surface area contributed by atoms with E-state index in [1.54, 1.807) is 11.9 Å². The Bertz CT molecular complexity index is 597. The summed E-state index contributed by atoms with van der Waals surface area (Å²) in [4.78, 5) is 15.3. The Labute approximate surface area is 128 Å². The van der Waals surface area contributed by atoms with Gasteiger partial charge in [0.2, 0.25) is 0 Å². The van der Waals surface area contributed by atoms with Crippen molar-refractivity contribution in [2.75, 3.05) is 18.9 Å². The molecule has 0 atom stereocenters. The highest BCUT2D eigenvalue weighted by Gasteiger charge is 2.16. The van der Waals surface area contributed by atoms with Gasteiger partial charge >= 0.3 is 0 Å². The number of hydrogen-bond donors (Lipinski definition) is 1. The molecule has 1 aromatic carbocycles. The van der Waals surface area contributed by atoms with Crippen LogP contribution in [0, 0.1) is 0 Å². The predicted molar refractivity (Wildman–Crippen MR) is 85.7 cm³/mol. The maximum atomic E-state index is 12.5. The molecule has 0 radical (unpaired) electrons. The van der Waals surface area contributed by atoms with E-state index in [2.05, 4.69) is 5.32 Å². The number of para-hydroxylation sites is 1. The van der Waals surface area contributed by atoms with Crippen LogP contribution in [0.5, 0.6) is 0 Å². The van der Waals surface area contributed by atoms with Gasteiger partial charge in [-0.25, -0.2) is 0 Å². The fraction of sp³-hybridized carbons (Fsp3) is 0.267. The van der Waals surface area contributed by atoms with E-state index in [4.69, 9.17) is 11.6 Å². The molecule has 2 aromatic rings. The van der Waals surface area contributed by atoms with Gasteiger partial charge in [0.15, 0.2) is 0 Å². The van der Waals surface area contributed by atoms with Crippen molar-refractivity contribution in [1.82, 2.24) is 4.90 Å². The van der Waals surface area contributed by atoms with Crippen LogP contribution in [-0.4, -0.2) is 24.4 Å². The van der Waals surface area contributed by atoms with Gasteiger partial charge in [-0.1, -0.05) is 23.7 Å². The fourth-order valence-corrected chi connectivity index (χ4v) is 3.10. The van der Waals surface area contributed by atoms with Crippen LogP contribution in [0.1, 0.15) is 22.2 Å². The molecule has 0 aliphatic heterocycles. The predicted octanol–water partition coefficient (Wildman–Crippen LogP) is 4.11. The molecule has 2 rings (SSSR count). The Morgan fingerprint density at radius 1 is 1.30 bits per heavy atom. The monoisotopic (exact) mass is 308 g/mol. The van der Waals surface area contributed by atoms with Crippen LogP contribution in [0.2, 0.25) is 4.34 Å². The van der Waals surface area contributed by atoms with Gasteiger partial charge in [0.25, 0.3) is 5.91 Å². The third-order valence-corrected chi connectivity index (χ3v) is 4.11. The average Bonchev–Trinajstić information content (AvgIpc) is 2.84. The molecule has 0 saturated carbocycles. The van der Waals surface area contributed by atoms with Gasteiger partial charge in [0.1, 0.15) is 0 Å². The summed E-state index contributed by atoms with van der Waals surface area (Å²) >= 11 is 7.41. The molecule has 0 aliphatic rings. The highest BCUT2D eigenvalue weighted by molar-refractivity contribution is 7.16. The van der Waals surface area contributed by atoms with Crippen LogP contribution in [0.3, 0.4) is 0 Å². The number of halogens is 1. The van der Waals surface area contributed by atoms with Gasteiger partial charge in [0, 0.05) is 24.2 Å². The summed E-state index contributed by atoms with van der Waals surface area (Å²) in [5, 5.41) is 3.21. The summed E-state index contributed by atoms with van der Waals surface area (Å²) in [6, 6.07) is 11.4. The molecular weight excluding hydrogens is 292 g/mol. The number of benzene rings is 1. The van der Waals surface area contributed by atoms with E-state index in [1.165, 1.54) is 11.3 Å². The molecular formula is C15H17ClN2OS. The molecule has 20 heavy (non-hydrogen) atoms. The highest BCUT2D eigenvalue weighted by Crippen LogP contribution is 2.23. The number of carbonyl (C=O) groups excluding carboxylic acids is 1. The van der Waals surface area contributed by atoms with Crippen molar-refractivity contribution in [3.05, 3.63) is 51.2 Å². The second-order valence-corrected chi connectivity index (χ2v) is 6.24. The zero-order valence-corrected chi connectivity index (χ0v) is 13.1. The van der Waals surface area contributed by atoms with Crippen molar-refractivity contribution >= 4 is 34.5 Å². The standard InChI is InChI=1S/C15H17ClN2OS/c1-3-17-13-7-5-4-6-12(13)15(19)18(2)10-11-8-9-14(16)20-11/h4-9,17H,3,10H2,1-2H3. The van der Waals surface area contributed by atoms with Crippen molar-refractivity contribution in [1.29, 1.82) is 0 Å². The number of rotatable bonds is 5. The molecule has 3 nitrogen and oxygen atoms in total. The van der Waals surface area contributed by atoms with E-state index in [9.17, 15) is 4.79 Å².